The Balaban J connectivity index is 1.73. The molecular formula is C20H20N2O3. The van der Waals surface area contributed by atoms with Gasteiger partial charge < -0.3 is 15.0 Å². The second-order valence-corrected chi connectivity index (χ2v) is 6.08. The fourth-order valence-electron chi connectivity index (χ4n) is 2.99. The van der Waals surface area contributed by atoms with Crippen molar-refractivity contribution < 1.29 is 14.7 Å². The van der Waals surface area contributed by atoms with E-state index in [0.717, 1.165) is 22.2 Å². The average molecular weight is 336 g/mol. The van der Waals surface area contributed by atoms with Crippen molar-refractivity contribution in [3.05, 3.63) is 71.9 Å². The third-order valence-corrected chi connectivity index (χ3v) is 4.24. The fourth-order valence-corrected chi connectivity index (χ4v) is 2.99. The molecule has 5 heteroatoms. The molecule has 0 saturated heterocycles. The number of para-hydroxylation sites is 1. The number of nitrogens with zero attached hydrogens (tertiary/aromatic N) is 1. The fraction of sp³-hybridized carbons (Fsp3) is 0.200. The van der Waals surface area contributed by atoms with Crippen LogP contribution in [0.4, 0.5) is 0 Å². The van der Waals surface area contributed by atoms with E-state index in [9.17, 15) is 14.7 Å². The first-order valence-corrected chi connectivity index (χ1v) is 8.15. The van der Waals surface area contributed by atoms with E-state index in [1.54, 1.807) is 0 Å². The van der Waals surface area contributed by atoms with Gasteiger partial charge in [-0.1, -0.05) is 48.5 Å². The Kier molecular flexibility index (Phi) is 4.84. The van der Waals surface area contributed by atoms with Crippen molar-refractivity contribution in [3.8, 4) is 0 Å². The highest BCUT2D eigenvalue weighted by atomic mass is 16.4. The second-order valence-electron chi connectivity index (χ2n) is 6.08. The number of fused-ring (bicyclic) bond motifs is 1. The number of aryl methyl sites for hydroxylation is 1. The zero-order chi connectivity index (χ0) is 17.8. The van der Waals surface area contributed by atoms with Gasteiger partial charge in [-0.3, -0.25) is 4.79 Å². The summed E-state index contributed by atoms with van der Waals surface area (Å²) in [5.41, 5.74) is 2.80. The van der Waals surface area contributed by atoms with Crippen LogP contribution in [0.15, 0.2) is 60.7 Å². The Labute approximate surface area is 145 Å². The van der Waals surface area contributed by atoms with Crippen molar-refractivity contribution in [2.75, 3.05) is 0 Å². The van der Waals surface area contributed by atoms with Crippen LogP contribution in [0, 0.1) is 6.92 Å². The zero-order valence-corrected chi connectivity index (χ0v) is 14.0. The summed E-state index contributed by atoms with van der Waals surface area (Å²) in [6.45, 7) is 2.03. The molecule has 5 nitrogen and oxygen atoms in total. The molecule has 1 aromatic heterocycles. The van der Waals surface area contributed by atoms with Gasteiger partial charge in [0.15, 0.2) is 0 Å². The molecule has 0 bridgehead atoms. The largest absolute Gasteiger partial charge is 0.480 e. The Bertz CT molecular complexity index is 900. The standard InChI is InChI=1S/C20H20N2O3/c1-14-11-16-9-5-6-10-18(16)22(14)13-19(23)21-17(20(24)25)12-15-7-3-2-4-8-15/h2-11,17H,12-13H2,1H3,(H,21,23)(H,24,25). The molecule has 0 aliphatic carbocycles. The van der Waals surface area contributed by atoms with Crippen LogP contribution in [0.5, 0.6) is 0 Å². The van der Waals surface area contributed by atoms with Crippen LogP contribution < -0.4 is 5.32 Å². The first-order valence-electron chi connectivity index (χ1n) is 8.15. The van der Waals surface area contributed by atoms with Crippen molar-refractivity contribution in [1.29, 1.82) is 0 Å². The average Bonchev–Trinajstić information content (AvgIpc) is 2.91. The van der Waals surface area contributed by atoms with Gasteiger partial charge in [0.2, 0.25) is 5.91 Å². The van der Waals surface area contributed by atoms with E-state index >= 15 is 0 Å². The van der Waals surface area contributed by atoms with Gasteiger partial charge in [-0.2, -0.15) is 0 Å². The maximum atomic E-state index is 12.4. The number of carboxylic acid groups (broad SMARTS) is 1. The minimum atomic E-state index is -1.04. The van der Waals surface area contributed by atoms with Crippen molar-refractivity contribution in [2.24, 2.45) is 0 Å². The van der Waals surface area contributed by atoms with Crippen molar-refractivity contribution >= 4 is 22.8 Å². The lowest BCUT2D eigenvalue weighted by Gasteiger charge is -2.16. The lowest BCUT2D eigenvalue weighted by molar-refractivity contribution is -0.141. The summed E-state index contributed by atoms with van der Waals surface area (Å²) < 4.78 is 1.89. The lowest BCUT2D eigenvalue weighted by Crippen LogP contribution is -2.43. The SMILES string of the molecule is Cc1cc2ccccc2n1CC(=O)NC(Cc1ccccc1)C(=O)O. The smallest absolute Gasteiger partial charge is 0.326 e. The maximum Gasteiger partial charge on any atom is 0.326 e. The number of amides is 1. The van der Waals surface area contributed by atoms with Crippen LogP contribution in [0.3, 0.4) is 0 Å². The molecular weight excluding hydrogens is 316 g/mol. The predicted octanol–water partition coefficient (Wildman–Crippen LogP) is 2.76. The first kappa shape index (κ1) is 16.8. The summed E-state index contributed by atoms with van der Waals surface area (Å²) in [6.07, 6.45) is 0.257. The second kappa shape index (κ2) is 7.21. The number of rotatable bonds is 6. The van der Waals surface area contributed by atoms with Crippen molar-refractivity contribution in [3.63, 3.8) is 0 Å². The molecule has 0 fully saturated rings. The predicted molar refractivity (Wildman–Crippen MR) is 96.4 cm³/mol. The molecule has 0 radical (unpaired) electrons. The normalized spacial score (nSPS) is 12.0. The van der Waals surface area contributed by atoms with Gasteiger partial charge in [-0.05, 0) is 30.0 Å². The number of aromatic nitrogens is 1. The highest BCUT2D eigenvalue weighted by Gasteiger charge is 2.21. The summed E-state index contributed by atoms with van der Waals surface area (Å²) in [7, 11) is 0. The molecule has 1 atom stereocenters. The van der Waals surface area contributed by atoms with E-state index in [-0.39, 0.29) is 18.9 Å². The number of nitrogens with one attached hydrogen (secondary N) is 1. The van der Waals surface area contributed by atoms with Crippen LogP contribution in [0.1, 0.15) is 11.3 Å². The Hall–Kier alpha value is -3.08. The van der Waals surface area contributed by atoms with Gasteiger partial charge in [0, 0.05) is 17.6 Å². The van der Waals surface area contributed by atoms with Crippen molar-refractivity contribution in [2.45, 2.75) is 25.9 Å². The number of benzene rings is 2. The number of carbonyl (C=O) groups excluding carboxylic acids is 1. The number of hydrogen-bond acceptors (Lipinski definition) is 2. The molecule has 128 valence electrons. The van der Waals surface area contributed by atoms with Crippen LogP contribution in [0.25, 0.3) is 10.9 Å². The van der Waals surface area contributed by atoms with Crippen LogP contribution in [0.2, 0.25) is 0 Å². The summed E-state index contributed by atoms with van der Waals surface area (Å²) in [5, 5.41) is 13.1. The first-order chi connectivity index (χ1) is 12.0. The van der Waals surface area contributed by atoms with Crippen LogP contribution >= 0.6 is 0 Å². The van der Waals surface area contributed by atoms with Gasteiger partial charge in [0.05, 0.1) is 0 Å². The van der Waals surface area contributed by atoms with E-state index in [0.29, 0.717) is 0 Å². The quantitative estimate of drug-likeness (QED) is 0.727. The van der Waals surface area contributed by atoms with E-state index in [1.165, 1.54) is 0 Å². The molecule has 0 spiro atoms. The molecule has 25 heavy (non-hydrogen) atoms. The Morgan fingerprint density at radius 1 is 1.08 bits per heavy atom. The molecule has 1 amide bonds. The number of aliphatic carboxylic acids is 1. The topological polar surface area (TPSA) is 71.3 Å². The Morgan fingerprint density at radius 2 is 1.76 bits per heavy atom. The monoisotopic (exact) mass is 336 g/mol. The molecule has 0 aliphatic heterocycles. The summed E-state index contributed by atoms with van der Waals surface area (Å²) >= 11 is 0. The molecule has 3 rings (SSSR count). The molecule has 0 aliphatic rings. The van der Waals surface area contributed by atoms with E-state index < -0.39 is 12.0 Å². The van der Waals surface area contributed by atoms with Crippen LogP contribution in [-0.4, -0.2) is 27.6 Å². The van der Waals surface area contributed by atoms with Crippen molar-refractivity contribution in [1.82, 2.24) is 9.88 Å². The molecule has 3 aromatic rings. The van der Waals surface area contributed by atoms with Crippen LogP contribution in [-0.2, 0) is 22.6 Å². The maximum absolute atomic E-state index is 12.4. The molecule has 1 heterocycles. The third-order valence-electron chi connectivity index (χ3n) is 4.24. The Morgan fingerprint density at radius 3 is 2.48 bits per heavy atom. The third kappa shape index (κ3) is 3.88. The lowest BCUT2D eigenvalue weighted by atomic mass is 10.1. The van der Waals surface area contributed by atoms with Gasteiger partial charge in [0.1, 0.15) is 12.6 Å². The highest BCUT2D eigenvalue weighted by Crippen LogP contribution is 2.18. The molecule has 2 N–H and O–H groups in total. The molecule has 2 aromatic carbocycles. The number of carboxylic acids is 1. The summed E-state index contributed by atoms with van der Waals surface area (Å²) in [4.78, 5) is 23.9. The zero-order valence-electron chi connectivity index (χ0n) is 14.0. The highest BCUT2D eigenvalue weighted by molar-refractivity contribution is 5.86. The van der Waals surface area contributed by atoms with Gasteiger partial charge in [-0.15, -0.1) is 0 Å². The number of hydrogen-bond donors (Lipinski definition) is 2. The minimum absolute atomic E-state index is 0.0952. The van der Waals surface area contributed by atoms with Gasteiger partial charge in [-0.25, -0.2) is 4.79 Å². The minimum Gasteiger partial charge on any atom is -0.480 e. The molecule has 0 saturated carbocycles. The van der Waals surface area contributed by atoms with Gasteiger partial charge in [0.25, 0.3) is 0 Å². The summed E-state index contributed by atoms with van der Waals surface area (Å²) in [5.74, 6) is -1.35. The van der Waals surface area contributed by atoms with E-state index in [2.05, 4.69) is 5.32 Å². The summed E-state index contributed by atoms with van der Waals surface area (Å²) in [6, 6.07) is 18.2. The molecule has 1 unspecified atom stereocenters. The van der Waals surface area contributed by atoms with E-state index in [4.69, 9.17) is 0 Å². The number of carbonyl (C=O) groups is 2. The van der Waals surface area contributed by atoms with E-state index in [1.807, 2.05) is 72.2 Å². The van der Waals surface area contributed by atoms with Gasteiger partial charge >= 0.3 is 5.97 Å².